The topological polar surface area (TPSA) is 113 Å². The van der Waals surface area contributed by atoms with Crippen LogP contribution >= 0.6 is 0 Å². The molecule has 0 radical (unpaired) electrons. The monoisotopic (exact) mass is 504 g/mol. The van der Waals surface area contributed by atoms with Crippen LogP contribution in [0.25, 0.3) is 6.08 Å². The first-order chi connectivity index (χ1) is 17.7. The van der Waals surface area contributed by atoms with Gasteiger partial charge in [0.25, 0.3) is 0 Å². The molecule has 0 amide bonds. The largest absolute Gasteiger partial charge is 0.508 e. The van der Waals surface area contributed by atoms with E-state index in [1.165, 1.54) is 29.8 Å². The Morgan fingerprint density at radius 2 is 1.68 bits per heavy atom. The summed E-state index contributed by atoms with van der Waals surface area (Å²) in [7, 11) is 0. The molecule has 0 saturated carbocycles. The van der Waals surface area contributed by atoms with Crippen LogP contribution in [0.4, 0.5) is 0 Å². The van der Waals surface area contributed by atoms with Crippen molar-refractivity contribution in [3.8, 4) is 17.2 Å². The molecular weight excluding hydrogens is 472 g/mol. The summed E-state index contributed by atoms with van der Waals surface area (Å²) in [5, 5.41) is 28.9. The van der Waals surface area contributed by atoms with Crippen molar-refractivity contribution in [2.45, 2.75) is 45.6 Å². The first kappa shape index (κ1) is 27.3. The molecule has 3 rings (SSSR count). The van der Waals surface area contributed by atoms with Crippen LogP contribution < -0.4 is 0 Å². The van der Waals surface area contributed by atoms with Gasteiger partial charge in [0.05, 0.1) is 0 Å². The summed E-state index contributed by atoms with van der Waals surface area (Å²) in [5.74, 6) is -0.715. The molecule has 2 aromatic carbocycles. The number of aromatic hydroxyl groups is 3. The van der Waals surface area contributed by atoms with E-state index in [2.05, 4.69) is 6.08 Å². The smallest absolute Gasteiger partial charge is 0.334 e. The van der Waals surface area contributed by atoms with Crippen molar-refractivity contribution in [3.63, 3.8) is 0 Å². The lowest BCUT2D eigenvalue weighted by molar-refractivity contribution is -0.140. The molecule has 2 aromatic rings. The molecule has 1 aliphatic heterocycles. The minimum Gasteiger partial charge on any atom is -0.508 e. The fraction of sp³-hybridized carbons (Fsp3) is 0.267. The van der Waals surface area contributed by atoms with Crippen molar-refractivity contribution in [1.29, 1.82) is 0 Å². The molecule has 0 unspecified atom stereocenters. The molecule has 1 aliphatic rings. The molecule has 1 heterocycles. The molecular formula is C30H32O7. The number of cyclic esters (lactones) is 1. The van der Waals surface area contributed by atoms with E-state index < -0.39 is 18.0 Å². The summed E-state index contributed by atoms with van der Waals surface area (Å²) in [6.45, 7) is 4.16. The van der Waals surface area contributed by atoms with Gasteiger partial charge in [-0.25, -0.2) is 9.59 Å². The Balaban J connectivity index is 1.39. The highest BCUT2D eigenvalue weighted by molar-refractivity contribution is 5.91. The van der Waals surface area contributed by atoms with Gasteiger partial charge in [-0.1, -0.05) is 29.9 Å². The average molecular weight is 505 g/mol. The van der Waals surface area contributed by atoms with Gasteiger partial charge in [-0.3, -0.25) is 0 Å². The number of benzene rings is 2. The van der Waals surface area contributed by atoms with Crippen molar-refractivity contribution in [2.24, 2.45) is 0 Å². The molecule has 0 aliphatic carbocycles. The average Bonchev–Trinajstić information content (AvgIpc) is 3.24. The lowest BCUT2D eigenvalue weighted by atomic mass is 10.0. The van der Waals surface area contributed by atoms with Crippen LogP contribution in [0.15, 0.2) is 83.5 Å². The zero-order valence-corrected chi connectivity index (χ0v) is 21.0. The highest BCUT2D eigenvalue weighted by atomic mass is 16.5. The summed E-state index contributed by atoms with van der Waals surface area (Å²) in [5.41, 5.74) is 3.84. The maximum Gasteiger partial charge on any atom is 0.334 e. The van der Waals surface area contributed by atoms with Crippen molar-refractivity contribution in [2.75, 3.05) is 6.61 Å². The molecule has 37 heavy (non-hydrogen) atoms. The standard InChI is InChI=1S/C30H32O7/c1-20(5-3-7-21(2)19-36-29(34)16-11-22-9-12-24(31)13-10-22)6-4-8-23-17-28(37-30(23)35)26-18-25(32)14-15-27(26)33/h6-7,9-18,28,31-33H,3-5,8,19H2,1-2H3/b16-11+,20-6+,21-7+/t28-/m0/s1. The van der Waals surface area contributed by atoms with Crippen molar-refractivity contribution >= 4 is 18.0 Å². The lowest BCUT2D eigenvalue weighted by Gasteiger charge is -2.10. The zero-order chi connectivity index (χ0) is 26.8. The van der Waals surface area contributed by atoms with Crippen molar-refractivity contribution in [3.05, 3.63) is 94.6 Å². The van der Waals surface area contributed by atoms with E-state index in [0.29, 0.717) is 24.0 Å². The number of carbonyl (C=O) groups excluding carboxylic acids is 2. The fourth-order valence-corrected chi connectivity index (χ4v) is 3.75. The van der Waals surface area contributed by atoms with Gasteiger partial charge in [-0.2, -0.15) is 0 Å². The van der Waals surface area contributed by atoms with Gasteiger partial charge in [0.1, 0.15) is 30.0 Å². The maximum atomic E-state index is 12.2. The van der Waals surface area contributed by atoms with Gasteiger partial charge >= 0.3 is 11.9 Å². The Kier molecular flexibility index (Phi) is 9.72. The summed E-state index contributed by atoms with van der Waals surface area (Å²) in [6, 6.07) is 10.6. The third kappa shape index (κ3) is 8.72. The van der Waals surface area contributed by atoms with Gasteiger partial charge in [-0.15, -0.1) is 0 Å². The second-order valence-corrected chi connectivity index (χ2v) is 8.97. The third-order valence-corrected chi connectivity index (χ3v) is 5.85. The number of rotatable bonds is 11. The Hall–Kier alpha value is -4.26. The van der Waals surface area contributed by atoms with E-state index in [0.717, 1.165) is 24.0 Å². The predicted octanol–water partition coefficient (Wildman–Crippen LogP) is 6.04. The van der Waals surface area contributed by atoms with Gasteiger partial charge in [0, 0.05) is 17.2 Å². The number of esters is 2. The summed E-state index contributed by atoms with van der Waals surface area (Å²) in [6.07, 6.45) is 11.0. The van der Waals surface area contributed by atoms with Gasteiger partial charge in [0.15, 0.2) is 0 Å². The zero-order valence-electron chi connectivity index (χ0n) is 21.0. The van der Waals surface area contributed by atoms with Crippen LogP contribution in [0, 0.1) is 0 Å². The van der Waals surface area contributed by atoms with Crippen LogP contribution in [0.5, 0.6) is 17.2 Å². The van der Waals surface area contributed by atoms with E-state index in [-0.39, 0.29) is 23.9 Å². The van der Waals surface area contributed by atoms with Gasteiger partial charge < -0.3 is 24.8 Å². The number of ether oxygens (including phenoxy) is 2. The normalized spacial score (nSPS) is 16.1. The quantitative estimate of drug-likeness (QED) is 0.148. The molecule has 3 N–H and O–H groups in total. The molecule has 194 valence electrons. The number of phenols is 3. The highest BCUT2D eigenvalue weighted by Crippen LogP contribution is 2.36. The van der Waals surface area contributed by atoms with Gasteiger partial charge in [-0.05, 0) is 93.2 Å². The second-order valence-electron chi connectivity index (χ2n) is 8.97. The molecule has 0 saturated heterocycles. The van der Waals surface area contributed by atoms with E-state index in [1.54, 1.807) is 36.4 Å². The Morgan fingerprint density at radius 3 is 2.43 bits per heavy atom. The second kappa shape index (κ2) is 13.2. The summed E-state index contributed by atoms with van der Waals surface area (Å²) < 4.78 is 10.6. The van der Waals surface area contributed by atoms with Crippen molar-refractivity contribution < 1.29 is 34.4 Å². The number of allylic oxidation sites excluding steroid dienone is 3. The molecule has 7 nitrogen and oxygen atoms in total. The lowest BCUT2D eigenvalue weighted by Crippen LogP contribution is -2.03. The first-order valence-corrected chi connectivity index (χ1v) is 12.1. The van der Waals surface area contributed by atoms with E-state index >= 15 is 0 Å². The molecule has 0 aromatic heterocycles. The minimum absolute atomic E-state index is 0.00541. The van der Waals surface area contributed by atoms with E-state index in [1.807, 2.05) is 19.9 Å². The number of hydrogen-bond acceptors (Lipinski definition) is 7. The van der Waals surface area contributed by atoms with Crippen LogP contribution in [0.1, 0.15) is 56.8 Å². The number of carbonyl (C=O) groups is 2. The summed E-state index contributed by atoms with van der Waals surface area (Å²) >= 11 is 0. The maximum absolute atomic E-state index is 12.2. The summed E-state index contributed by atoms with van der Waals surface area (Å²) in [4.78, 5) is 24.1. The van der Waals surface area contributed by atoms with Crippen LogP contribution in [-0.4, -0.2) is 33.9 Å². The van der Waals surface area contributed by atoms with Crippen LogP contribution in [0.2, 0.25) is 0 Å². The van der Waals surface area contributed by atoms with Gasteiger partial charge in [0.2, 0.25) is 0 Å². The minimum atomic E-state index is -0.704. The Bertz CT molecular complexity index is 1230. The van der Waals surface area contributed by atoms with E-state index in [9.17, 15) is 24.9 Å². The molecule has 0 fully saturated rings. The molecule has 0 spiro atoms. The number of phenolic OH excluding ortho intramolecular Hbond substituents is 3. The highest BCUT2D eigenvalue weighted by Gasteiger charge is 2.28. The Labute approximate surface area is 216 Å². The van der Waals surface area contributed by atoms with Crippen molar-refractivity contribution in [1.82, 2.24) is 0 Å². The first-order valence-electron chi connectivity index (χ1n) is 12.1. The Morgan fingerprint density at radius 1 is 0.973 bits per heavy atom. The predicted molar refractivity (Wildman–Crippen MR) is 141 cm³/mol. The molecule has 1 atom stereocenters. The third-order valence-electron chi connectivity index (χ3n) is 5.85. The number of hydrogen-bond donors (Lipinski definition) is 3. The van der Waals surface area contributed by atoms with E-state index in [4.69, 9.17) is 9.47 Å². The molecule has 7 heteroatoms. The van der Waals surface area contributed by atoms with Crippen LogP contribution in [-0.2, 0) is 19.1 Å². The SMILES string of the molecule is C/C(=C\CCC1=C[C@@H](c2cc(O)ccc2O)OC1=O)CC/C=C(\C)COC(=O)/C=C/c1ccc(O)cc1. The fourth-order valence-electron chi connectivity index (χ4n) is 3.75. The van der Waals surface area contributed by atoms with Crippen LogP contribution in [0.3, 0.4) is 0 Å². The molecule has 0 bridgehead atoms.